The van der Waals surface area contributed by atoms with E-state index in [1.807, 2.05) is 63.2 Å². The van der Waals surface area contributed by atoms with E-state index in [0.29, 0.717) is 17.5 Å². The number of anilines is 2. The summed E-state index contributed by atoms with van der Waals surface area (Å²) in [5, 5.41) is 3.32. The molecule has 0 radical (unpaired) electrons. The Morgan fingerprint density at radius 3 is 2.31 bits per heavy atom. The number of allylic oxidation sites excluding steroid dienone is 1. The Hall–Kier alpha value is -3.49. The van der Waals surface area contributed by atoms with Crippen LogP contribution in [-0.4, -0.2) is 27.3 Å². The molecule has 0 bridgehead atoms. The molecule has 0 unspecified atom stereocenters. The fourth-order valence-electron chi connectivity index (χ4n) is 4.27. The molecule has 1 aromatic heterocycles. The lowest BCUT2D eigenvalue weighted by Gasteiger charge is -2.18. The minimum Gasteiger partial charge on any atom is -0.326 e. The minimum atomic E-state index is -4.45. The van der Waals surface area contributed by atoms with E-state index in [0.717, 1.165) is 46.1 Å². The molecule has 8 heteroatoms. The summed E-state index contributed by atoms with van der Waals surface area (Å²) in [6.07, 6.45) is -2.14. The maximum Gasteiger partial charge on any atom is 0.416 e. The van der Waals surface area contributed by atoms with Crippen molar-refractivity contribution in [3.8, 4) is 0 Å². The van der Waals surface area contributed by atoms with Gasteiger partial charge in [-0.15, -0.1) is 9.39 Å². The van der Waals surface area contributed by atoms with Crippen LogP contribution in [0.3, 0.4) is 0 Å². The lowest BCUT2D eigenvalue weighted by molar-refractivity contribution is -0.138. The number of fused-ring (bicyclic) bond motifs is 1. The average Bonchev–Trinajstić information content (AvgIpc) is 3.65. The van der Waals surface area contributed by atoms with Crippen molar-refractivity contribution < 1.29 is 13.2 Å². The molecule has 206 valence electrons. The molecule has 5 rings (SSSR count). The number of imidazole rings is 1. The van der Waals surface area contributed by atoms with Crippen molar-refractivity contribution in [1.82, 2.24) is 14.3 Å². The molecule has 3 aromatic carbocycles. The van der Waals surface area contributed by atoms with Crippen molar-refractivity contribution >= 4 is 49.4 Å². The number of hydrogen-bond donors (Lipinski definition) is 2. The van der Waals surface area contributed by atoms with Gasteiger partial charge in [-0.3, -0.25) is 4.72 Å². The van der Waals surface area contributed by atoms with Crippen LogP contribution >= 0.6 is 9.39 Å². The Bertz CT molecular complexity index is 1580. The number of aromatic nitrogens is 2. The van der Waals surface area contributed by atoms with Crippen molar-refractivity contribution in [2.45, 2.75) is 57.3 Å². The lowest BCUT2D eigenvalue weighted by atomic mass is 10.1. The van der Waals surface area contributed by atoms with E-state index in [9.17, 15) is 13.2 Å². The summed E-state index contributed by atoms with van der Waals surface area (Å²) in [5.74, 6) is 9.06. The van der Waals surface area contributed by atoms with Gasteiger partial charge in [0.05, 0.1) is 23.1 Å². The topological polar surface area (TPSA) is 41.9 Å². The molecule has 4 nitrogen and oxygen atoms in total. The molecule has 2 N–H and O–H groups in total. The maximum absolute atomic E-state index is 13.7. The highest BCUT2D eigenvalue weighted by molar-refractivity contribution is 8.26. The van der Waals surface area contributed by atoms with Crippen molar-refractivity contribution in [3.63, 3.8) is 0 Å². The van der Waals surface area contributed by atoms with Gasteiger partial charge in [-0.05, 0) is 73.4 Å². The molecule has 0 saturated heterocycles. The molecule has 39 heavy (non-hydrogen) atoms. The maximum atomic E-state index is 13.7. The molecule has 0 spiro atoms. The third kappa shape index (κ3) is 6.57. The number of halogens is 3. The van der Waals surface area contributed by atoms with Gasteiger partial charge in [-0.25, -0.2) is 4.98 Å². The van der Waals surface area contributed by atoms with Gasteiger partial charge in [0.15, 0.2) is 0 Å². The zero-order chi connectivity index (χ0) is 28.4. The normalized spacial score (nSPS) is 13.6. The molecule has 1 fully saturated rings. The van der Waals surface area contributed by atoms with Crippen molar-refractivity contribution in [3.05, 3.63) is 90.0 Å². The van der Waals surface area contributed by atoms with Gasteiger partial charge in [0.1, 0.15) is 0 Å². The fourth-order valence-corrected chi connectivity index (χ4v) is 5.94. The number of alkyl halides is 3. The van der Waals surface area contributed by atoms with Gasteiger partial charge in [-0.2, -0.15) is 13.2 Å². The molecule has 1 aliphatic carbocycles. The first-order chi connectivity index (χ1) is 18.5. The Labute approximate surface area is 229 Å². The summed E-state index contributed by atoms with van der Waals surface area (Å²) in [4.78, 5) is 5.79. The van der Waals surface area contributed by atoms with Crippen molar-refractivity contribution in [1.29, 1.82) is 0 Å². The highest BCUT2D eigenvalue weighted by atomic mass is 32.2. The van der Waals surface area contributed by atoms with Crippen LogP contribution in [0.1, 0.15) is 50.3 Å². The van der Waals surface area contributed by atoms with E-state index >= 15 is 0 Å². The number of benzene rings is 3. The van der Waals surface area contributed by atoms with Crippen molar-refractivity contribution in [2.24, 2.45) is 0 Å². The van der Waals surface area contributed by atoms with Crippen LogP contribution < -0.4 is 10.0 Å². The quantitative estimate of drug-likeness (QED) is 0.215. The molecular weight excluding hydrogens is 517 g/mol. The first-order valence-corrected chi connectivity index (χ1v) is 14.9. The molecular formula is C31H35F3N4S. The average molecular weight is 553 g/mol. The summed E-state index contributed by atoms with van der Waals surface area (Å²) in [6.45, 7) is 9.91. The molecule has 4 aromatic rings. The van der Waals surface area contributed by atoms with Crippen LogP contribution in [0.5, 0.6) is 0 Å². The van der Waals surface area contributed by atoms with Crippen LogP contribution in [0.25, 0.3) is 16.6 Å². The predicted octanol–water partition coefficient (Wildman–Crippen LogP) is 8.60. The fraction of sp³-hybridized carbons (Fsp3) is 0.258. The number of hydrogen-bond acceptors (Lipinski definition) is 3. The Morgan fingerprint density at radius 2 is 1.69 bits per heavy atom. The van der Waals surface area contributed by atoms with Gasteiger partial charge in [0.25, 0.3) is 0 Å². The van der Waals surface area contributed by atoms with Gasteiger partial charge < -0.3 is 9.88 Å². The van der Waals surface area contributed by atoms with Gasteiger partial charge >= 0.3 is 6.18 Å². The molecule has 1 saturated carbocycles. The standard InChI is InChI=1S/C29H29F3N4S.C2H6/c1-19(2)20-9-16-27-26(17-20)34-28(36(27)18-21-7-5-6-8-25(21)29(30,31)32)33-22-12-14-24(15-13-22)37(3,4)35-23-10-11-23;1-2/h5-9,12-17,23,35H,1,3-4,10-11,18H2,2H3,(H,33,34);1-2H3. The summed E-state index contributed by atoms with van der Waals surface area (Å²) >= 11 is 0. The molecule has 0 amide bonds. The second-order valence-corrected chi connectivity index (χ2v) is 12.1. The van der Waals surface area contributed by atoms with E-state index in [-0.39, 0.29) is 12.1 Å². The van der Waals surface area contributed by atoms with E-state index in [2.05, 4.69) is 28.4 Å². The largest absolute Gasteiger partial charge is 0.416 e. The van der Waals surface area contributed by atoms with Gasteiger partial charge in [0.2, 0.25) is 5.95 Å². The highest BCUT2D eigenvalue weighted by Gasteiger charge is 2.33. The summed E-state index contributed by atoms with van der Waals surface area (Å²) in [5.41, 5.74) is 3.51. The van der Waals surface area contributed by atoms with Crippen LogP contribution in [0.2, 0.25) is 0 Å². The van der Waals surface area contributed by atoms with Gasteiger partial charge in [0, 0.05) is 16.6 Å². The monoisotopic (exact) mass is 552 g/mol. The number of rotatable bonds is 8. The van der Waals surface area contributed by atoms with E-state index in [4.69, 9.17) is 4.98 Å². The van der Waals surface area contributed by atoms with Crippen LogP contribution in [0, 0.1) is 0 Å². The Balaban J connectivity index is 0.00000172. The van der Waals surface area contributed by atoms with Crippen LogP contribution in [-0.2, 0) is 12.7 Å². The van der Waals surface area contributed by atoms with Gasteiger partial charge in [-0.1, -0.05) is 62.0 Å². The minimum absolute atomic E-state index is 0.00927. The second kappa shape index (κ2) is 11.3. The number of nitrogens with one attached hydrogen (secondary N) is 2. The SMILES string of the molecule is C=C(C)c1ccc2c(c1)nc(Nc1ccc(S(=C)(=C)NC3CC3)cc1)n2Cc1ccccc1C(F)(F)F.CC. The van der Waals surface area contributed by atoms with E-state index in [1.54, 1.807) is 10.6 Å². The summed E-state index contributed by atoms with van der Waals surface area (Å²) in [6, 6.07) is 19.7. The summed E-state index contributed by atoms with van der Waals surface area (Å²) < 4.78 is 46.5. The van der Waals surface area contributed by atoms with Crippen LogP contribution in [0.15, 0.2) is 78.2 Å². The number of nitrogens with zero attached hydrogens (tertiary/aromatic N) is 2. The zero-order valence-corrected chi connectivity index (χ0v) is 23.4. The van der Waals surface area contributed by atoms with E-state index < -0.39 is 21.1 Å². The lowest BCUT2D eigenvalue weighted by Crippen LogP contribution is -2.13. The Kier molecular flexibility index (Phi) is 8.28. The van der Waals surface area contributed by atoms with Crippen LogP contribution in [0.4, 0.5) is 24.8 Å². The Morgan fingerprint density at radius 1 is 1.03 bits per heavy atom. The second-order valence-electron chi connectivity index (χ2n) is 9.59. The first-order valence-electron chi connectivity index (χ1n) is 13.0. The zero-order valence-electron chi connectivity index (χ0n) is 22.6. The molecule has 1 heterocycles. The molecule has 0 aliphatic heterocycles. The van der Waals surface area contributed by atoms with E-state index in [1.165, 1.54) is 12.1 Å². The third-order valence-corrected chi connectivity index (χ3v) is 8.38. The predicted molar refractivity (Wildman–Crippen MR) is 162 cm³/mol. The molecule has 0 atom stereocenters. The molecule has 1 aliphatic rings. The smallest absolute Gasteiger partial charge is 0.326 e. The first kappa shape index (κ1) is 28.5. The van der Waals surface area contributed by atoms with Crippen molar-refractivity contribution in [2.75, 3.05) is 5.32 Å². The summed E-state index contributed by atoms with van der Waals surface area (Å²) in [7, 11) is -1.60. The third-order valence-electron chi connectivity index (χ3n) is 6.42. The highest BCUT2D eigenvalue weighted by Crippen LogP contribution is 2.36.